The summed E-state index contributed by atoms with van der Waals surface area (Å²) in [6.07, 6.45) is 0. The van der Waals surface area contributed by atoms with E-state index in [1.165, 1.54) is 0 Å². The average molecular weight is 87.2 g/mol. The van der Waals surface area contributed by atoms with Gasteiger partial charge in [0.15, 0.2) is 0 Å². The van der Waals surface area contributed by atoms with Crippen LogP contribution in [0.15, 0.2) is 0 Å². The van der Waals surface area contributed by atoms with Crippen LogP contribution in [0.4, 0.5) is 0 Å². The van der Waals surface area contributed by atoms with Crippen molar-refractivity contribution >= 4 is 39.3 Å². The molecule has 2 N–H and O–H groups in total. The fourth-order valence-corrected chi connectivity index (χ4v) is 0. The summed E-state index contributed by atoms with van der Waals surface area (Å²) in [5, 5.41) is 0. The van der Waals surface area contributed by atoms with Crippen LogP contribution in [-0.2, 0) is 0 Å². The molecule has 0 fully saturated rings. The Morgan fingerprint density at radius 2 is 1.75 bits per heavy atom. The monoisotopic (exact) mass is 87.0 g/mol. The Morgan fingerprint density at radius 3 is 1.75 bits per heavy atom. The van der Waals surface area contributed by atoms with Crippen LogP contribution in [0.5, 0.6) is 0 Å². The van der Waals surface area contributed by atoms with Crippen molar-refractivity contribution in [3.05, 3.63) is 0 Å². The van der Waals surface area contributed by atoms with Gasteiger partial charge in [-0.2, -0.15) is 9.12 Å². The van der Waals surface area contributed by atoms with Crippen LogP contribution in [0.25, 0.3) is 0 Å². The minimum atomic E-state index is 0. The molecule has 0 aliphatic carbocycles. The van der Waals surface area contributed by atoms with Crippen LogP contribution in [-0.4, -0.2) is 30.2 Å². The molecule has 1 atom stereocenters. The molecule has 0 saturated heterocycles. The predicted octanol–water partition coefficient (Wildman–Crippen LogP) is -1.83. The molecule has 0 rings (SSSR count). The van der Waals surface area contributed by atoms with Crippen molar-refractivity contribution in [3.63, 3.8) is 0 Å². The van der Waals surface area contributed by atoms with Crippen LogP contribution >= 0.6 is 9.12 Å². The van der Waals surface area contributed by atoms with E-state index in [4.69, 9.17) is 5.64 Å². The summed E-state index contributed by atoms with van der Waals surface area (Å²) >= 11 is 0. The van der Waals surface area contributed by atoms with Gasteiger partial charge in [0, 0.05) is 0 Å². The molecule has 0 spiro atoms. The number of rotatable bonds is 0. The Kier molecular flexibility index (Phi) is 19.9. The number of nitrogens with two attached hydrogens (primary N) is 1. The maximum absolute atomic E-state index is 4.81. The fourth-order valence-electron chi connectivity index (χ4n) is 0. The first-order valence-electron chi connectivity index (χ1n) is 0.816. The zero-order valence-corrected chi connectivity index (χ0v) is 3.02. The molecule has 0 aromatic heterocycles. The van der Waals surface area contributed by atoms with E-state index in [0.717, 1.165) is 0 Å². The van der Waals surface area contributed by atoms with Crippen LogP contribution in [0, 0.1) is 0 Å². The van der Waals surface area contributed by atoms with Crippen molar-refractivity contribution in [2.75, 3.05) is 0 Å². The van der Waals surface area contributed by atoms with Crippen molar-refractivity contribution in [1.29, 1.82) is 0 Å². The minimum Gasteiger partial charge on any atom is -0.369 e. The lowest BCUT2D eigenvalue weighted by Gasteiger charge is -1.46. The Hall–Kier alpha value is 1.22. The predicted molar refractivity (Wildman–Crippen MR) is 29.6 cm³/mol. The van der Waals surface area contributed by atoms with E-state index in [1.807, 2.05) is 0 Å². The zero-order valence-electron chi connectivity index (χ0n) is 1.86. The molecule has 4 heavy (non-hydrogen) atoms. The lowest BCUT2D eigenvalue weighted by molar-refractivity contribution is 1.98. The van der Waals surface area contributed by atoms with Gasteiger partial charge in [-0.3, -0.25) is 0 Å². The van der Waals surface area contributed by atoms with Gasteiger partial charge >= 0.3 is 23.1 Å². The molecule has 4 heteroatoms. The standard InChI is InChI=1S/BH5NP.Mg.2H/c2-1-3;;;/h1H,2-3H2;;;. The van der Waals surface area contributed by atoms with E-state index in [9.17, 15) is 0 Å². The summed E-state index contributed by atoms with van der Waals surface area (Å²) in [6, 6.07) is 0. The van der Waals surface area contributed by atoms with E-state index in [2.05, 4.69) is 9.12 Å². The van der Waals surface area contributed by atoms with Crippen LogP contribution in [0.3, 0.4) is 0 Å². The summed E-state index contributed by atoms with van der Waals surface area (Å²) in [5.41, 5.74) is 4.81. The molecule has 0 bridgehead atoms. The first-order valence-corrected chi connectivity index (χ1v) is 1.63. The Bertz CT molecular complexity index is 8.00. The highest BCUT2D eigenvalue weighted by atomic mass is 31.0. The van der Waals surface area contributed by atoms with Crippen LogP contribution in [0.2, 0.25) is 0 Å². The van der Waals surface area contributed by atoms with Crippen LogP contribution < -0.4 is 5.64 Å². The van der Waals surface area contributed by atoms with Crippen molar-refractivity contribution in [3.8, 4) is 0 Å². The second kappa shape index (κ2) is 8.88. The summed E-state index contributed by atoms with van der Waals surface area (Å²) in [7, 11) is 3.02. The number of hydrogen-bond donors (Lipinski definition) is 1. The highest BCUT2D eigenvalue weighted by Crippen LogP contribution is 1.52. The Balaban J connectivity index is 0. The Morgan fingerprint density at radius 1 is 1.75 bits per heavy atom. The summed E-state index contributed by atoms with van der Waals surface area (Å²) < 4.78 is 0. The van der Waals surface area contributed by atoms with Crippen LogP contribution in [0.1, 0.15) is 0 Å². The maximum atomic E-state index is 4.81. The van der Waals surface area contributed by atoms with Gasteiger partial charge in [-0.15, -0.1) is 0 Å². The van der Waals surface area contributed by atoms with E-state index in [1.54, 1.807) is 0 Å². The maximum Gasteiger partial charge on any atom is 0.316 e. The average Bonchev–Trinajstić information content (AvgIpc) is 0.918. The van der Waals surface area contributed by atoms with Gasteiger partial charge in [-0.05, 0) is 0 Å². The molecular formula is H7BMgNP. The fraction of sp³-hybridized carbons (Fsp3) is 0. The molecule has 0 aliphatic rings. The highest BCUT2D eigenvalue weighted by molar-refractivity contribution is 7.54. The first-order chi connectivity index (χ1) is 1.41. The quantitative estimate of drug-likeness (QED) is 0.273. The van der Waals surface area contributed by atoms with Gasteiger partial charge in [-0.1, -0.05) is 0 Å². The molecular weight excluding hydrogens is 80.1 g/mol. The third-order valence-corrected chi connectivity index (χ3v) is 0. The molecule has 0 aromatic carbocycles. The smallest absolute Gasteiger partial charge is 0.316 e. The lowest BCUT2D eigenvalue weighted by Crippen LogP contribution is -1.89. The molecule has 0 amide bonds. The van der Waals surface area contributed by atoms with Gasteiger partial charge in [0.1, 0.15) is 0 Å². The van der Waals surface area contributed by atoms with Gasteiger partial charge in [0.2, 0.25) is 7.13 Å². The van der Waals surface area contributed by atoms with Crippen molar-refractivity contribution < 1.29 is 0 Å². The zero-order chi connectivity index (χ0) is 2.71. The Labute approximate surface area is 45.3 Å². The van der Waals surface area contributed by atoms with Gasteiger partial charge in [0.25, 0.3) is 0 Å². The summed E-state index contributed by atoms with van der Waals surface area (Å²) in [5.74, 6) is 0. The second-order valence-electron chi connectivity index (χ2n) is 0.236. The molecule has 0 aliphatic heterocycles. The summed E-state index contributed by atoms with van der Waals surface area (Å²) in [6.45, 7) is 0. The first kappa shape index (κ1) is 8.97. The third kappa shape index (κ3) is 10.7. The molecule has 0 radical (unpaired) electrons. The summed E-state index contributed by atoms with van der Waals surface area (Å²) in [4.78, 5) is 0. The second-order valence-corrected chi connectivity index (χ2v) is 0.707. The molecule has 1 nitrogen and oxygen atoms in total. The SMILES string of the molecule is NBP.[MgH2]. The molecule has 0 saturated carbocycles. The lowest BCUT2D eigenvalue weighted by atomic mass is 10.5. The minimum absolute atomic E-state index is 0. The molecule has 1 unspecified atom stereocenters. The molecule has 22 valence electrons. The van der Waals surface area contributed by atoms with E-state index >= 15 is 0 Å². The van der Waals surface area contributed by atoms with Crippen molar-refractivity contribution in [1.82, 2.24) is 0 Å². The topological polar surface area (TPSA) is 26.0 Å². The van der Waals surface area contributed by atoms with E-state index < -0.39 is 0 Å². The van der Waals surface area contributed by atoms with Gasteiger partial charge < -0.3 is 5.64 Å². The van der Waals surface area contributed by atoms with Gasteiger partial charge in [0.05, 0.1) is 0 Å². The highest BCUT2D eigenvalue weighted by Gasteiger charge is 1.42. The van der Waals surface area contributed by atoms with E-state index in [-0.39, 0.29) is 23.1 Å². The number of hydrogen-bond acceptors (Lipinski definition) is 1. The molecule has 0 aromatic rings. The van der Waals surface area contributed by atoms with Crippen molar-refractivity contribution in [2.45, 2.75) is 0 Å². The third-order valence-electron chi connectivity index (χ3n) is 0. The van der Waals surface area contributed by atoms with Crippen molar-refractivity contribution in [2.24, 2.45) is 5.64 Å². The molecule has 0 heterocycles. The van der Waals surface area contributed by atoms with E-state index in [0.29, 0.717) is 7.13 Å². The normalized spacial score (nSPS) is 3.50. The largest absolute Gasteiger partial charge is 0.369 e. The van der Waals surface area contributed by atoms with Gasteiger partial charge in [-0.25, -0.2) is 0 Å².